The molecule has 1 aromatic carbocycles. The molecular formula is C17H21N3. The van der Waals surface area contributed by atoms with Crippen LogP contribution in [0.4, 0.5) is 11.4 Å². The van der Waals surface area contributed by atoms with Crippen molar-refractivity contribution in [3.8, 4) is 0 Å². The molecule has 2 aliphatic rings. The molecule has 3 N–H and O–H groups in total. The third kappa shape index (κ3) is 2.21. The van der Waals surface area contributed by atoms with E-state index in [4.69, 9.17) is 5.73 Å². The highest BCUT2D eigenvalue weighted by Crippen LogP contribution is 2.49. The number of nitrogens with two attached hydrogens (primary N) is 1. The number of aromatic nitrogens is 1. The van der Waals surface area contributed by atoms with Crippen LogP contribution in [0, 0.1) is 17.8 Å². The molecule has 2 aromatic rings. The van der Waals surface area contributed by atoms with E-state index in [2.05, 4.69) is 16.4 Å². The zero-order chi connectivity index (χ0) is 13.5. The molecule has 0 atom stereocenters. The maximum absolute atomic E-state index is 6.04. The van der Waals surface area contributed by atoms with Gasteiger partial charge in [0.25, 0.3) is 0 Å². The Morgan fingerprint density at radius 3 is 2.55 bits per heavy atom. The molecule has 3 heteroatoms. The summed E-state index contributed by atoms with van der Waals surface area (Å²) in [6, 6.07) is 6.08. The van der Waals surface area contributed by atoms with Gasteiger partial charge in [-0.05, 0) is 61.6 Å². The van der Waals surface area contributed by atoms with Crippen LogP contribution in [0.25, 0.3) is 10.8 Å². The van der Waals surface area contributed by atoms with Crippen molar-refractivity contribution in [3.63, 3.8) is 0 Å². The van der Waals surface area contributed by atoms with Crippen LogP contribution in [0.3, 0.4) is 0 Å². The molecule has 0 radical (unpaired) electrons. The molecule has 1 heterocycles. The van der Waals surface area contributed by atoms with Gasteiger partial charge in [0.05, 0.1) is 0 Å². The van der Waals surface area contributed by atoms with E-state index in [1.807, 2.05) is 18.3 Å². The topological polar surface area (TPSA) is 50.9 Å². The Bertz CT molecular complexity index is 617. The van der Waals surface area contributed by atoms with Crippen LogP contribution in [0.2, 0.25) is 0 Å². The predicted molar refractivity (Wildman–Crippen MR) is 83.6 cm³/mol. The van der Waals surface area contributed by atoms with Crippen molar-refractivity contribution >= 4 is 22.1 Å². The highest BCUT2D eigenvalue weighted by molar-refractivity contribution is 6.00. The van der Waals surface area contributed by atoms with E-state index in [1.54, 1.807) is 6.20 Å². The number of nitrogens with one attached hydrogen (secondary N) is 1. The Labute approximate surface area is 119 Å². The zero-order valence-electron chi connectivity index (χ0n) is 11.7. The third-order valence-corrected chi connectivity index (χ3v) is 4.84. The first-order valence-electron chi connectivity index (χ1n) is 7.69. The Morgan fingerprint density at radius 2 is 1.85 bits per heavy atom. The number of pyridine rings is 1. The number of benzene rings is 1. The molecule has 2 fully saturated rings. The summed E-state index contributed by atoms with van der Waals surface area (Å²) in [6.45, 7) is 1.10. The van der Waals surface area contributed by atoms with Gasteiger partial charge in [-0.15, -0.1) is 0 Å². The normalized spacial score (nSPS) is 18.6. The fourth-order valence-corrected chi connectivity index (χ4v) is 3.36. The van der Waals surface area contributed by atoms with Crippen molar-refractivity contribution in [2.24, 2.45) is 17.8 Å². The monoisotopic (exact) mass is 267 g/mol. The van der Waals surface area contributed by atoms with Gasteiger partial charge in [-0.3, -0.25) is 4.98 Å². The first kappa shape index (κ1) is 12.0. The van der Waals surface area contributed by atoms with E-state index in [-0.39, 0.29) is 0 Å². The second kappa shape index (κ2) is 4.65. The molecule has 3 nitrogen and oxygen atoms in total. The number of anilines is 2. The lowest BCUT2D eigenvalue weighted by molar-refractivity contribution is 0.428. The molecule has 0 spiro atoms. The molecule has 0 amide bonds. The highest BCUT2D eigenvalue weighted by atomic mass is 14.9. The van der Waals surface area contributed by atoms with Crippen LogP contribution < -0.4 is 11.1 Å². The summed E-state index contributed by atoms with van der Waals surface area (Å²) in [5, 5.41) is 5.90. The average molecular weight is 267 g/mol. The molecule has 20 heavy (non-hydrogen) atoms. The molecule has 4 rings (SSSR count). The number of hydrogen-bond donors (Lipinski definition) is 2. The SMILES string of the molecule is Nc1ccc(NCC(C2CC2)C2CC2)c2cnccc12. The van der Waals surface area contributed by atoms with Gasteiger partial charge in [-0.25, -0.2) is 0 Å². The number of hydrogen-bond acceptors (Lipinski definition) is 3. The van der Waals surface area contributed by atoms with E-state index in [1.165, 1.54) is 31.4 Å². The quantitative estimate of drug-likeness (QED) is 0.813. The van der Waals surface area contributed by atoms with Gasteiger partial charge >= 0.3 is 0 Å². The van der Waals surface area contributed by atoms with Gasteiger partial charge in [-0.2, -0.15) is 0 Å². The van der Waals surface area contributed by atoms with Crippen LogP contribution in [0.15, 0.2) is 30.6 Å². The summed E-state index contributed by atoms with van der Waals surface area (Å²) in [5.74, 6) is 2.83. The van der Waals surface area contributed by atoms with Crippen molar-refractivity contribution in [2.75, 3.05) is 17.6 Å². The summed E-state index contributed by atoms with van der Waals surface area (Å²) in [4.78, 5) is 4.24. The zero-order valence-corrected chi connectivity index (χ0v) is 11.7. The number of nitrogen functional groups attached to an aromatic ring is 1. The lowest BCUT2D eigenvalue weighted by Gasteiger charge is -2.18. The van der Waals surface area contributed by atoms with Gasteiger partial charge in [0, 0.05) is 41.1 Å². The Balaban J connectivity index is 1.57. The minimum atomic E-state index is 0.828. The lowest BCUT2D eigenvalue weighted by Crippen LogP contribution is -2.18. The maximum Gasteiger partial charge on any atom is 0.0437 e. The molecule has 0 bridgehead atoms. The van der Waals surface area contributed by atoms with E-state index in [9.17, 15) is 0 Å². The van der Waals surface area contributed by atoms with E-state index >= 15 is 0 Å². The van der Waals surface area contributed by atoms with Crippen molar-refractivity contribution in [2.45, 2.75) is 25.7 Å². The Kier molecular flexibility index (Phi) is 2.79. The fraction of sp³-hybridized carbons (Fsp3) is 0.471. The largest absolute Gasteiger partial charge is 0.398 e. The number of nitrogens with zero attached hydrogens (tertiary/aromatic N) is 1. The van der Waals surface area contributed by atoms with Crippen molar-refractivity contribution in [3.05, 3.63) is 30.6 Å². The maximum atomic E-state index is 6.04. The van der Waals surface area contributed by atoms with Gasteiger partial charge in [-0.1, -0.05) is 0 Å². The summed E-state index contributed by atoms with van der Waals surface area (Å²) >= 11 is 0. The molecule has 2 saturated carbocycles. The smallest absolute Gasteiger partial charge is 0.0437 e. The van der Waals surface area contributed by atoms with Crippen LogP contribution in [-0.2, 0) is 0 Å². The summed E-state index contributed by atoms with van der Waals surface area (Å²) in [6.07, 6.45) is 9.47. The Morgan fingerprint density at radius 1 is 1.10 bits per heavy atom. The lowest BCUT2D eigenvalue weighted by atomic mass is 9.97. The second-order valence-corrected chi connectivity index (χ2v) is 6.34. The molecule has 104 valence electrons. The summed E-state index contributed by atoms with van der Waals surface area (Å²) < 4.78 is 0. The van der Waals surface area contributed by atoms with Gasteiger partial charge in [0.15, 0.2) is 0 Å². The number of fused-ring (bicyclic) bond motifs is 1. The standard InChI is InChI=1S/C17H21N3/c18-16-5-6-17(15-9-19-8-7-13(15)16)20-10-14(11-1-2-11)12-3-4-12/h5-9,11-12,14,20H,1-4,10,18H2. The first-order chi connectivity index (χ1) is 9.83. The van der Waals surface area contributed by atoms with Crippen LogP contribution in [0.1, 0.15) is 25.7 Å². The summed E-state index contributed by atoms with van der Waals surface area (Å²) in [5.41, 5.74) is 8.04. The van der Waals surface area contributed by atoms with E-state index < -0.39 is 0 Å². The Hall–Kier alpha value is -1.77. The van der Waals surface area contributed by atoms with Gasteiger partial charge in [0.1, 0.15) is 0 Å². The average Bonchev–Trinajstić information content (AvgIpc) is 3.36. The van der Waals surface area contributed by atoms with Gasteiger partial charge < -0.3 is 11.1 Å². The van der Waals surface area contributed by atoms with E-state index in [0.29, 0.717) is 0 Å². The first-order valence-corrected chi connectivity index (χ1v) is 7.69. The van der Waals surface area contributed by atoms with Gasteiger partial charge in [0.2, 0.25) is 0 Å². The van der Waals surface area contributed by atoms with Crippen LogP contribution >= 0.6 is 0 Å². The second-order valence-electron chi connectivity index (χ2n) is 6.34. The van der Waals surface area contributed by atoms with Crippen molar-refractivity contribution in [1.29, 1.82) is 0 Å². The van der Waals surface area contributed by atoms with E-state index in [0.717, 1.165) is 40.8 Å². The fourth-order valence-electron chi connectivity index (χ4n) is 3.36. The predicted octanol–water partition coefficient (Wildman–Crippen LogP) is 3.67. The van der Waals surface area contributed by atoms with Crippen LogP contribution in [-0.4, -0.2) is 11.5 Å². The minimum absolute atomic E-state index is 0.828. The molecule has 2 aliphatic carbocycles. The molecule has 1 aromatic heterocycles. The summed E-state index contributed by atoms with van der Waals surface area (Å²) in [7, 11) is 0. The van der Waals surface area contributed by atoms with Crippen LogP contribution in [0.5, 0.6) is 0 Å². The molecular weight excluding hydrogens is 246 g/mol. The van der Waals surface area contributed by atoms with Crippen molar-refractivity contribution < 1.29 is 0 Å². The minimum Gasteiger partial charge on any atom is -0.398 e. The molecule has 0 unspecified atom stereocenters. The molecule has 0 aliphatic heterocycles. The number of rotatable bonds is 5. The highest BCUT2D eigenvalue weighted by Gasteiger charge is 2.40. The van der Waals surface area contributed by atoms with Crippen molar-refractivity contribution in [1.82, 2.24) is 4.98 Å². The third-order valence-electron chi connectivity index (χ3n) is 4.84. The molecule has 0 saturated heterocycles.